The van der Waals surface area contributed by atoms with Gasteiger partial charge in [0.2, 0.25) is 0 Å². The van der Waals surface area contributed by atoms with Gasteiger partial charge in [-0.3, -0.25) is 0 Å². The predicted molar refractivity (Wildman–Crippen MR) is 90.2 cm³/mol. The first-order chi connectivity index (χ1) is 9.54. The van der Waals surface area contributed by atoms with Crippen LogP contribution in [0.15, 0.2) is 40.9 Å². The van der Waals surface area contributed by atoms with Crippen molar-refractivity contribution in [3.63, 3.8) is 0 Å². The summed E-state index contributed by atoms with van der Waals surface area (Å²) in [6.45, 7) is 2.10. The largest absolute Gasteiger partial charge is 0.490 e. The van der Waals surface area contributed by atoms with E-state index in [4.69, 9.17) is 16.3 Å². The molecule has 0 radical (unpaired) electrons. The molecule has 2 atom stereocenters. The molecule has 0 N–H and O–H groups in total. The molecule has 0 bridgehead atoms. The van der Waals surface area contributed by atoms with Crippen LogP contribution >= 0.6 is 43.5 Å². The normalized spacial score (nSPS) is 18.5. The average molecular weight is 417 g/mol. The Balaban J connectivity index is 1.95. The summed E-state index contributed by atoms with van der Waals surface area (Å²) in [5, 5.41) is 0.733. The Morgan fingerprint density at radius 3 is 2.80 bits per heavy atom. The summed E-state index contributed by atoms with van der Waals surface area (Å²) in [7, 11) is 0. The third-order valence-corrected chi connectivity index (χ3v) is 5.39. The Kier molecular flexibility index (Phi) is 4.11. The zero-order valence-corrected chi connectivity index (χ0v) is 14.8. The fourth-order valence-electron chi connectivity index (χ4n) is 2.49. The molecule has 104 valence electrons. The Bertz CT molecular complexity index is 657. The second kappa shape index (κ2) is 5.70. The summed E-state index contributed by atoms with van der Waals surface area (Å²) in [5.74, 6) is 1.01. The number of ether oxygens (including phenoxy) is 1. The molecule has 2 unspecified atom stereocenters. The number of hydrogen-bond donors (Lipinski definition) is 0. The van der Waals surface area contributed by atoms with E-state index < -0.39 is 0 Å². The Morgan fingerprint density at radius 2 is 2.05 bits per heavy atom. The topological polar surface area (TPSA) is 9.23 Å². The van der Waals surface area contributed by atoms with Crippen molar-refractivity contribution in [2.75, 3.05) is 0 Å². The van der Waals surface area contributed by atoms with Crippen molar-refractivity contribution < 1.29 is 4.74 Å². The van der Waals surface area contributed by atoms with Crippen molar-refractivity contribution in [3.05, 3.63) is 62.6 Å². The lowest BCUT2D eigenvalue weighted by atomic mass is 10.0. The number of halogens is 3. The SMILES string of the molecule is CC1Cc2cc(C(Br)c3ccc(Cl)cc3Br)ccc2O1. The quantitative estimate of drug-likeness (QED) is 0.553. The fraction of sp³-hybridized carbons (Fsp3) is 0.250. The van der Waals surface area contributed by atoms with E-state index in [2.05, 4.69) is 57.0 Å². The molecule has 0 amide bonds. The van der Waals surface area contributed by atoms with Crippen molar-refractivity contribution in [3.8, 4) is 5.75 Å². The predicted octanol–water partition coefficient (Wildman–Crippen LogP) is 5.91. The van der Waals surface area contributed by atoms with Crippen LogP contribution in [0.3, 0.4) is 0 Å². The summed E-state index contributed by atoms with van der Waals surface area (Å²) >= 11 is 13.4. The van der Waals surface area contributed by atoms with Gasteiger partial charge in [-0.05, 0) is 41.8 Å². The summed E-state index contributed by atoms with van der Waals surface area (Å²) in [4.78, 5) is 0.135. The van der Waals surface area contributed by atoms with E-state index in [1.165, 1.54) is 16.7 Å². The fourth-order valence-corrected chi connectivity index (χ4v) is 4.39. The first kappa shape index (κ1) is 14.4. The van der Waals surface area contributed by atoms with Gasteiger partial charge in [-0.2, -0.15) is 0 Å². The molecule has 4 heteroatoms. The summed E-state index contributed by atoms with van der Waals surface area (Å²) in [5.41, 5.74) is 3.68. The average Bonchev–Trinajstić information content (AvgIpc) is 2.77. The lowest BCUT2D eigenvalue weighted by molar-refractivity contribution is 0.254. The number of hydrogen-bond acceptors (Lipinski definition) is 1. The highest BCUT2D eigenvalue weighted by molar-refractivity contribution is 9.11. The van der Waals surface area contributed by atoms with Crippen LogP contribution in [-0.4, -0.2) is 6.10 Å². The lowest BCUT2D eigenvalue weighted by Gasteiger charge is -2.14. The van der Waals surface area contributed by atoms with E-state index in [0.29, 0.717) is 0 Å². The van der Waals surface area contributed by atoms with E-state index in [1.807, 2.05) is 18.2 Å². The highest BCUT2D eigenvalue weighted by Gasteiger charge is 2.21. The van der Waals surface area contributed by atoms with Crippen LogP contribution in [0.1, 0.15) is 28.4 Å². The molecule has 0 aromatic heterocycles. The van der Waals surface area contributed by atoms with E-state index in [1.54, 1.807) is 0 Å². The van der Waals surface area contributed by atoms with Crippen molar-refractivity contribution in [2.24, 2.45) is 0 Å². The third-order valence-electron chi connectivity index (χ3n) is 3.45. The second-order valence-electron chi connectivity index (χ2n) is 5.03. The van der Waals surface area contributed by atoms with Gasteiger partial charge in [0.05, 0.1) is 4.83 Å². The standard InChI is InChI=1S/C16H13Br2ClO/c1-9-6-11-7-10(2-5-15(11)20-9)16(18)13-4-3-12(19)8-14(13)17/h2-5,7-9,16H,6H2,1H3. The van der Waals surface area contributed by atoms with Crippen molar-refractivity contribution in [2.45, 2.75) is 24.3 Å². The van der Waals surface area contributed by atoms with Crippen molar-refractivity contribution >= 4 is 43.5 Å². The Morgan fingerprint density at radius 1 is 1.25 bits per heavy atom. The molecule has 0 aliphatic carbocycles. The van der Waals surface area contributed by atoms with E-state index >= 15 is 0 Å². The second-order valence-corrected chi connectivity index (χ2v) is 7.23. The zero-order chi connectivity index (χ0) is 14.3. The molecule has 3 rings (SSSR count). The highest BCUT2D eigenvalue weighted by Crippen LogP contribution is 2.39. The number of fused-ring (bicyclic) bond motifs is 1. The molecule has 1 aliphatic heterocycles. The molecule has 1 heterocycles. The van der Waals surface area contributed by atoms with Gasteiger partial charge in [0, 0.05) is 15.9 Å². The van der Waals surface area contributed by atoms with Gasteiger partial charge >= 0.3 is 0 Å². The summed E-state index contributed by atoms with van der Waals surface area (Å²) < 4.78 is 6.76. The maximum absolute atomic E-state index is 6.00. The van der Waals surface area contributed by atoms with Gasteiger partial charge in [-0.25, -0.2) is 0 Å². The molecule has 2 aromatic rings. The minimum absolute atomic E-state index is 0.135. The van der Waals surface area contributed by atoms with Gasteiger partial charge in [-0.1, -0.05) is 61.7 Å². The van der Waals surface area contributed by atoms with Crippen LogP contribution < -0.4 is 4.74 Å². The van der Waals surface area contributed by atoms with E-state index in [-0.39, 0.29) is 10.9 Å². The number of benzene rings is 2. The van der Waals surface area contributed by atoms with Gasteiger partial charge < -0.3 is 4.74 Å². The number of rotatable bonds is 2. The molecule has 1 aliphatic rings. The first-order valence-corrected chi connectivity index (χ1v) is 8.52. The number of alkyl halides is 1. The summed E-state index contributed by atoms with van der Waals surface area (Å²) in [6, 6.07) is 12.3. The van der Waals surface area contributed by atoms with Gasteiger partial charge in [-0.15, -0.1) is 0 Å². The Hall–Kier alpha value is -0.510. The third kappa shape index (κ3) is 2.76. The molecular formula is C16H13Br2ClO. The maximum Gasteiger partial charge on any atom is 0.123 e. The first-order valence-electron chi connectivity index (χ1n) is 6.43. The van der Waals surface area contributed by atoms with Crippen LogP contribution in [0.2, 0.25) is 5.02 Å². The molecule has 0 saturated carbocycles. The van der Waals surface area contributed by atoms with Gasteiger partial charge in [0.1, 0.15) is 11.9 Å². The van der Waals surface area contributed by atoms with Gasteiger partial charge in [0.25, 0.3) is 0 Å². The maximum atomic E-state index is 6.00. The summed E-state index contributed by atoms with van der Waals surface area (Å²) in [6.07, 6.45) is 1.25. The molecular weight excluding hydrogens is 403 g/mol. The van der Waals surface area contributed by atoms with E-state index in [0.717, 1.165) is 21.7 Å². The smallest absolute Gasteiger partial charge is 0.123 e. The van der Waals surface area contributed by atoms with Crippen LogP contribution in [-0.2, 0) is 6.42 Å². The highest BCUT2D eigenvalue weighted by atomic mass is 79.9. The zero-order valence-electron chi connectivity index (χ0n) is 10.9. The minimum Gasteiger partial charge on any atom is -0.490 e. The van der Waals surface area contributed by atoms with Crippen molar-refractivity contribution in [1.29, 1.82) is 0 Å². The molecule has 1 nitrogen and oxygen atoms in total. The van der Waals surface area contributed by atoms with Gasteiger partial charge in [0.15, 0.2) is 0 Å². The monoisotopic (exact) mass is 414 g/mol. The van der Waals surface area contributed by atoms with Crippen LogP contribution in [0.25, 0.3) is 0 Å². The Labute approximate surface area is 140 Å². The molecule has 0 fully saturated rings. The van der Waals surface area contributed by atoms with E-state index in [9.17, 15) is 0 Å². The minimum atomic E-state index is 0.135. The molecule has 2 aromatic carbocycles. The lowest BCUT2D eigenvalue weighted by Crippen LogP contribution is -2.05. The van der Waals surface area contributed by atoms with Crippen LogP contribution in [0.4, 0.5) is 0 Å². The molecule has 0 spiro atoms. The molecule has 20 heavy (non-hydrogen) atoms. The van der Waals surface area contributed by atoms with Crippen molar-refractivity contribution in [1.82, 2.24) is 0 Å². The van der Waals surface area contributed by atoms with Crippen LogP contribution in [0.5, 0.6) is 5.75 Å². The molecule has 0 saturated heterocycles. The van der Waals surface area contributed by atoms with Crippen LogP contribution in [0, 0.1) is 0 Å².